The molecule has 3 rings (SSSR count). The molecule has 178 valence electrons. The summed E-state index contributed by atoms with van der Waals surface area (Å²) in [6.45, 7) is 1.81. The Labute approximate surface area is 198 Å². The molecule has 1 saturated heterocycles. The fourth-order valence-electron chi connectivity index (χ4n) is 3.57. The Hall–Kier alpha value is -2.82. The molecule has 1 heterocycles. The first-order valence-electron chi connectivity index (χ1n) is 10.1. The number of sulfonamides is 1. The number of ether oxygens (including phenoxy) is 2. The van der Waals surface area contributed by atoms with E-state index >= 15 is 0 Å². The Morgan fingerprint density at radius 3 is 2.42 bits per heavy atom. The number of amides is 2. The average molecular weight is 496 g/mol. The Bertz CT molecular complexity index is 1200. The molecule has 1 fully saturated rings. The first kappa shape index (κ1) is 24.8. The predicted molar refractivity (Wildman–Crippen MR) is 126 cm³/mol. The first-order chi connectivity index (χ1) is 15.5. The van der Waals surface area contributed by atoms with Gasteiger partial charge in [-0.3, -0.25) is 9.59 Å². The number of hydrogen-bond acceptors (Lipinski definition) is 6. The Balaban J connectivity index is 1.82. The van der Waals surface area contributed by atoms with Crippen molar-refractivity contribution in [2.45, 2.75) is 18.2 Å². The minimum absolute atomic E-state index is 0.00660. The van der Waals surface area contributed by atoms with E-state index in [9.17, 15) is 18.0 Å². The van der Waals surface area contributed by atoms with E-state index in [4.69, 9.17) is 21.1 Å². The molecule has 1 unspecified atom stereocenters. The van der Waals surface area contributed by atoms with Crippen molar-refractivity contribution < 1.29 is 27.5 Å². The second-order valence-corrected chi connectivity index (χ2v) is 10.3. The molecule has 2 aromatic rings. The van der Waals surface area contributed by atoms with E-state index in [1.54, 1.807) is 31.2 Å². The van der Waals surface area contributed by atoms with Crippen molar-refractivity contribution in [2.75, 3.05) is 45.1 Å². The molecule has 11 heteroatoms. The molecule has 0 spiro atoms. The van der Waals surface area contributed by atoms with Gasteiger partial charge in [-0.1, -0.05) is 17.7 Å². The van der Waals surface area contributed by atoms with E-state index in [-0.39, 0.29) is 29.7 Å². The minimum Gasteiger partial charge on any atom is -0.495 e. The molecule has 0 aromatic heterocycles. The number of rotatable bonds is 7. The highest BCUT2D eigenvalue weighted by molar-refractivity contribution is 7.89. The quantitative estimate of drug-likeness (QED) is 0.633. The summed E-state index contributed by atoms with van der Waals surface area (Å²) in [5.74, 6) is -0.488. The standard InChI is InChI=1S/C22H26ClN3O6S/c1-13-6-7-15(9-20(13)33(29,30)25(2)3)24-22(28)14-8-21(27)26(12-14)17-10-16(23)18(31-4)11-19(17)32-5/h6-7,9-11,14H,8,12H2,1-5H3,(H,24,28). The molecule has 2 amide bonds. The summed E-state index contributed by atoms with van der Waals surface area (Å²) in [7, 11) is 2.15. The SMILES string of the molecule is COc1cc(OC)c(N2CC(C(=O)Nc3ccc(C)c(S(=O)(=O)N(C)C)c3)CC2=O)cc1Cl. The summed E-state index contributed by atoms with van der Waals surface area (Å²) in [5, 5.41) is 3.04. The molecule has 1 aliphatic rings. The number of carbonyl (C=O) groups excluding carboxylic acids is 2. The third-order valence-corrected chi connectivity index (χ3v) is 7.71. The van der Waals surface area contributed by atoms with Gasteiger partial charge in [0, 0.05) is 38.8 Å². The topological polar surface area (TPSA) is 105 Å². The van der Waals surface area contributed by atoms with Crippen LogP contribution in [-0.2, 0) is 19.6 Å². The maximum atomic E-state index is 12.9. The van der Waals surface area contributed by atoms with Gasteiger partial charge in [-0.05, 0) is 30.7 Å². The number of benzene rings is 2. The van der Waals surface area contributed by atoms with Crippen molar-refractivity contribution in [3.63, 3.8) is 0 Å². The highest BCUT2D eigenvalue weighted by Gasteiger charge is 2.37. The van der Waals surface area contributed by atoms with Crippen LogP contribution in [-0.4, -0.2) is 59.4 Å². The summed E-state index contributed by atoms with van der Waals surface area (Å²) >= 11 is 6.23. The molecule has 0 aliphatic carbocycles. The van der Waals surface area contributed by atoms with Gasteiger partial charge < -0.3 is 19.7 Å². The van der Waals surface area contributed by atoms with Crippen LogP contribution in [0.2, 0.25) is 5.02 Å². The number of hydrogen-bond donors (Lipinski definition) is 1. The van der Waals surface area contributed by atoms with E-state index in [1.807, 2.05) is 0 Å². The maximum absolute atomic E-state index is 12.9. The molecule has 9 nitrogen and oxygen atoms in total. The van der Waals surface area contributed by atoms with Crippen LogP contribution in [0.25, 0.3) is 0 Å². The molecular weight excluding hydrogens is 470 g/mol. The third-order valence-electron chi connectivity index (χ3n) is 5.45. The summed E-state index contributed by atoms with van der Waals surface area (Å²) < 4.78 is 36.8. The lowest BCUT2D eigenvalue weighted by Gasteiger charge is -2.21. The Morgan fingerprint density at radius 2 is 1.82 bits per heavy atom. The van der Waals surface area contributed by atoms with E-state index in [1.165, 1.54) is 39.3 Å². The van der Waals surface area contributed by atoms with E-state index in [0.717, 1.165) is 4.31 Å². The molecule has 0 bridgehead atoms. The lowest BCUT2D eigenvalue weighted by Crippen LogP contribution is -2.28. The second-order valence-electron chi connectivity index (χ2n) is 7.82. The van der Waals surface area contributed by atoms with Gasteiger partial charge in [-0.15, -0.1) is 0 Å². The minimum atomic E-state index is -3.67. The number of methoxy groups -OCH3 is 2. The van der Waals surface area contributed by atoms with E-state index in [2.05, 4.69) is 5.32 Å². The fourth-order valence-corrected chi connectivity index (χ4v) is 4.95. The monoisotopic (exact) mass is 495 g/mol. The van der Waals surface area contributed by atoms with Crippen molar-refractivity contribution in [3.05, 3.63) is 40.9 Å². The normalized spacial score (nSPS) is 16.3. The number of nitrogens with one attached hydrogen (secondary N) is 1. The van der Waals surface area contributed by atoms with Gasteiger partial charge in [0.1, 0.15) is 11.5 Å². The average Bonchev–Trinajstić information content (AvgIpc) is 3.16. The molecule has 1 atom stereocenters. The van der Waals surface area contributed by atoms with Gasteiger partial charge in [-0.25, -0.2) is 12.7 Å². The summed E-state index contributed by atoms with van der Waals surface area (Å²) in [5.41, 5.74) is 1.34. The van der Waals surface area contributed by atoms with Gasteiger partial charge in [0.25, 0.3) is 0 Å². The van der Waals surface area contributed by atoms with Crippen LogP contribution in [0, 0.1) is 12.8 Å². The second kappa shape index (κ2) is 9.58. The first-order valence-corrected chi connectivity index (χ1v) is 11.9. The predicted octanol–water partition coefficient (Wildman–Crippen LogP) is 2.91. The van der Waals surface area contributed by atoms with Gasteiger partial charge in [-0.2, -0.15) is 0 Å². The van der Waals surface area contributed by atoms with Crippen molar-refractivity contribution in [2.24, 2.45) is 5.92 Å². The van der Waals surface area contributed by atoms with Crippen LogP contribution in [0.1, 0.15) is 12.0 Å². The van der Waals surface area contributed by atoms with Crippen LogP contribution >= 0.6 is 11.6 Å². The van der Waals surface area contributed by atoms with Crippen molar-refractivity contribution in [3.8, 4) is 11.5 Å². The molecule has 0 radical (unpaired) electrons. The zero-order chi connectivity index (χ0) is 24.5. The van der Waals surface area contributed by atoms with Crippen LogP contribution < -0.4 is 19.7 Å². The summed E-state index contributed by atoms with van der Waals surface area (Å²) in [6.07, 6.45) is -0.00660. The maximum Gasteiger partial charge on any atom is 0.242 e. The molecule has 2 aromatic carbocycles. The number of carbonyl (C=O) groups is 2. The lowest BCUT2D eigenvalue weighted by atomic mass is 10.1. The molecule has 33 heavy (non-hydrogen) atoms. The number of halogens is 1. The van der Waals surface area contributed by atoms with Crippen molar-refractivity contribution in [1.82, 2.24) is 4.31 Å². The van der Waals surface area contributed by atoms with Crippen LogP contribution in [0.4, 0.5) is 11.4 Å². The van der Waals surface area contributed by atoms with Gasteiger partial charge >= 0.3 is 0 Å². The van der Waals surface area contributed by atoms with Gasteiger partial charge in [0.2, 0.25) is 21.8 Å². The van der Waals surface area contributed by atoms with E-state index < -0.39 is 15.9 Å². The largest absolute Gasteiger partial charge is 0.495 e. The van der Waals surface area contributed by atoms with Crippen molar-refractivity contribution >= 4 is 44.8 Å². The third kappa shape index (κ3) is 4.92. The van der Waals surface area contributed by atoms with Crippen LogP contribution in [0.3, 0.4) is 0 Å². The lowest BCUT2D eigenvalue weighted by molar-refractivity contribution is -0.122. The number of nitrogens with zero attached hydrogens (tertiary/aromatic N) is 2. The molecular formula is C22H26ClN3O6S. The van der Waals surface area contributed by atoms with Crippen LogP contribution in [0.15, 0.2) is 35.2 Å². The summed E-state index contributed by atoms with van der Waals surface area (Å²) in [4.78, 5) is 27.2. The molecule has 0 saturated carbocycles. The number of aryl methyl sites for hydroxylation is 1. The Morgan fingerprint density at radius 1 is 1.15 bits per heavy atom. The molecule has 1 aliphatic heterocycles. The highest BCUT2D eigenvalue weighted by atomic mass is 35.5. The molecule has 1 N–H and O–H groups in total. The van der Waals surface area contributed by atoms with Gasteiger partial charge in [0.05, 0.1) is 35.7 Å². The fraction of sp³-hybridized carbons (Fsp3) is 0.364. The zero-order valence-corrected chi connectivity index (χ0v) is 20.6. The van der Waals surface area contributed by atoms with Crippen LogP contribution in [0.5, 0.6) is 11.5 Å². The van der Waals surface area contributed by atoms with Crippen molar-refractivity contribution in [1.29, 1.82) is 0 Å². The van der Waals surface area contributed by atoms with Gasteiger partial charge in [0.15, 0.2) is 0 Å². The van der Waals surface area contributed by atoms with E-state index in [0.29, 0.717) is 33.5 Å². The summed E-state index contributed by atoms with van der Waals surface area (Å²) in [6, 6.07) is 7.82. The highest BCUT2D eigenvalue weighted by Crippen LogP contribution is 2.40. The smallest absolute Gasteiger partial charge is 0.242 e. The number of anilines is 2. The zero-order valence-electron chi connectivity index (χ0n) is 19.0. The Kier molecular flexibility index (Phi) is 7.20.